The van der Waals surface area contributed by atoms with Gasteiger partial charge in [0.1, 0.15) is 28.8 Å². The normalized spacial score (nSPS) is 20.6. The number of aliphatic hydroxyl groups excluding tert-OH is 2. The molecule has 2 N–H and O–H groups in total. The fraction of sp³-hybridized carbons (Fsp3) is 0.227. The van der Waals surface area contributed by atoms with Crippen molar-refractivity contribution in [2.24, 2.45) is 5.92 Å². The average molecular weight is 635 g/mol. The second-order valence-corrected chi connectivity index (χ2v) is 14.9. The predicted octanol–water partition coefficient (Wildman–Crippen LogP) is 10.4. The Morgan fingerprint density at radius 3 is 1.52 bits per heavy atom. The Balaban J connectivity index is 1.32. The van der Waals surface area contributed by atoms with E-state index in [0.717, 1.165) is 56.4 Å². The smallest absolute Gasteiger partial charge is 0.135 e. The van der Waals surface area contributed by atoms with Crippen LogP contribution >= 0.6 is 0 Å². The minimum absolute atomic E-state index is 0.0556. The molecule has 4 nitrogen and oxygen atoms in total. The van der Waals surface area contributed by atoms with Gasteiger partial charge in [-0.15, -0.1) is 0 Å². The number of hydrogen-bond donors (Lipinski definition) is 2. The molecule has 0 bridgehead atoms. The second kappa shape index (κ2) is 11.9. The summed E-state index contributed by atoms with van der Waals surface area (Å²) in [5.74, 6) is 2.54. The highest BCUT2D eigenvalue weighted by Crippen LogP contribution is 2.46. The van der Waals surface area contributed by atoms with Crippen LogP contribution in [0.3, 0.4) is 0 Å². The Morgan fingerprint density at radius 2 is 1.06 bits per heavy atom. The van der Waals surface area contributed by atoms with Gasteiger partial charge in [0, 0.05) is 27.8 Å². The largest absolute Gasteiger partial charge is 0.511 e. The van der Waals surface area contributed by atoms with E-state index in [4.69, 9.17) is 9.47 Å². The van der Waals surface area contributed by atoms with Gasteiger partial charge in [0.05, 0.1) is 12.0 Å². The minimum atomic E-state index is -0.888. The van der Waals surface area contributed by atoms with Crippen LogP contribution < -0.4 is 9.47 Å². The fourth-order valence-corrected chi connectivity index (χ4v) is 6.38. The van der Waals surface area contributed by atoms with E-state index in [1.807, 2.05) is 97.1 Å². The Hall–Kier alpha value is -5.06. The van der Waals surface area contributed by atoms with E-state index in [0.29, 0.717) is 5.57 Å². The van der Waals surface area contributed by atoms with Crippen LogP contribution in [-0.4, -0.2) is 16.3 Å². The summed E-state index contributed by atoms with van der Waals surface area (Å²) in [6.45, 7) is 13.1. The van der Waals surface area contributed by atoms with Crippen molar-refractivity contribution in [2.75, 3.05) is 0 Å². The van der Waals surface area contributed by atoms with Gasteiger partial charge in [0.2, 0.25) is 0 Å². The van der Waals surface area contributed by atoms with Gasteiger partial charge in [0.15, 0.2) is 0 Å². The highest BCUT2D eigenvalue weighted by Gasteiger charge is 2.38. The van der Waals surface area contributed by atoms with Crippen LogP contribution in [0.1, 0.15) is 74.9 Å². The third-order valence-corrected chi connectivity index (χ3v) is 9.38. The maximum Gasteiger partial charge on any atom is 0.135 e. The van der Waals surface area contributed by atoms with Gasteiger partial charge in [-0.1, -0.05) is 120 Å². The van der Waals surface area contributed by atoms with Crippen molar-refractivity contribution in [3.8, 4) is 11.5 Å². The number of hydrogen-bond acceptors (Lipinski definition) is 4. The summed E-state index contributed by atoms with van der Waals surface area (Å²) in [7, 11) is 0. The van der Waals surface area contributed by atoms with Gasteiger partial charge in [-0.25, -0.2) is 0 Å². The molecule has 0 aromatic heterocycles. The molecule has 0 radical (unpaired) electrons. The predicted molar refractivity (Wildman–Crippen MR) is 195 cm³/mol. The van der Waals surface area contributed by atoms with Crippen molar-refractivity contribution in [3.05, 3.63) is 166 Å². The molecule has 2 unspecified atom stereocenters. The third kappa shape index (κ3) is 5.93. The zero-order valence-corrected chi connectivity index (χ0v) is 28.4. The fourth-order valence-electron chi connectivity index (χ4n) is 6.38. The molecule has 7 rings (SSSR count). The first-order valence-electron chi connectivity index (χ1n) is 16.6. The molecule has 0 saturated carbocycles. The summed E-state index contributed by atoms with van der Waals surface area (Å²) < 4.78 is 12.8. The second-order valence-electron chi connectivity index (χ2n) is 14.9. The first kappa shape index (κ1) is 31.5. The number of fused-ring (bicyclic) bond motifs is 2. The molecule has 0 saturated heterocycles. The third-order valence-electron chi connectivity index (χ3n) is 9.38. The summed E-state index contributed by atoms with van der Waals surface area (Å²) in [6.07, 6.45) is 7.01. The molecule has 0 spiro atoms. The van der Waals surface area contributed by atoms with Gasteiger partial charge in [0.25, 0.3) is 0 Å². The van der Waals surface area contributed by atoms with Crippen LogP contribution in [-0.2, 0) is 10.8 Å². The number of rotatable bonds is 4. The summed E-state index contributed by atoms with van der Waals surface area (Å²) in [4.78, 5) is 0. The van der Waals surface area contributed by atoms with E-state index in [1.54, 1.807) is 0 Å². The highest BCUT2D eigenvalue weighted by molar-refractivity contribution is 5.91. The zero-order valence-electron chi connectivity index (χ0n) is 28.4. The average Bonchev–Trinajstić information content (AvgIpc) is 3.08. The summed E-state index contributed by atoms with van der Waals surface area (Å²) >= 11 is 0. The minimum Gasteiger partial charge on any atom is -0.511 e. The van der Waals surface area contributed by atoms with E-state index in [1.165, 1.54) is 11.1 Å². The van der Waals surface area contributed by atoms with Crippen molar-refractivity contribution < 1.29 is 19.7 Å². The molecule has 4 heteroatoms. The van der Waals surface area contributed by atoms with Gasteiger partial charge in [-0.05, 0) is 75.6 Å². The van der Waals surface area contributed by atoms with E-state index in [2.05, 4.69) is 65.8 Å². The molecule has 0 amide bonds. The van der Waals surface area contributed by atoms with Crippen LogP contribution in [0.5, 0.6) is 11.5 Å². The van der Waals surface area contributed by atoms with Gasteiger partial charge in [-0.3, -0.25) is 0 Å². The molecule has 4 aromatic rings. The van der Waals surface area contributed by atoms with Gasteiger partial charge < -0.3 is 19.7 Å². The van der Waals surface area contributed by atoms with E-state index < -0.39 is 12.0 Å². The highest BCUT2D eigenvalue weighted by atomic mass is 16.5. The Morgan fingerprint density at radius 1 is 0.604 bits per heavy atom. The lowest BCUT2D eigenvalue weighted by Crippen LogP contribution is -2.34. The van der Waals surface area contributed by atoms with E-state index in [9.17, 15) is 10.2 Å². The molecular formula is C44H42O4. The standard InChI is InChI=1S/C44H42O4/c1-43(2,3)31-17-19-37-33(25-31)29(23-39(47-37)27-13-9-7-10-14-27)21-35-41(45)36(42(35)46)22-30-24-40(28-15-11-8-12-16-28)48-38-20-18-32(26-34(30)38)44(4,5)6/h7-26,35,41,45-46H,1-6H3/b29-21+,30-22+. The van der Waals surface area contributed by atoms with E-state index in [-0.39, 0.29) is 16.6 Å². The van der Waals surface area contributed by atoms with Crippen molar-refractivity contribution in [3.63, 3.8) is 0 Å². The molecule has 2 aliphatic heterocycles. The first-order valence-corrected chi connectivity index (χ1v) is 16.6. The molecule has 242 valence electrons. The van der Waals surface area contributed by atoms with Crippen molar-refractivity contribution in [2.45, 2.75) is 58.5 Å². The van der Waals surface area contributed by atoms with Crippen molar-refractivity contribution in [1.82, 2.24) is 0 Å². The lowest BCUT2D eigenvalue weighted by Gasteiger charge is -2.34. The molecule has 3 aliphatic rings. The number of ether oxygens (including phenoxy) is 2. The van der Waals surface area contributed by atoms with Gasteiger partial charge >= 0.3 is 0 Å². The zero-order chi connectivity index (χ0) is 33.8. The van der Waals surface area contributed by atoms with Crippen LogP contribution in [0.2, 0.25) is 0 Å². The maximum absolute atomic E-state index is 11.6. The summed E-state index contributed by atoms with van der Waals surface area (Å²) in [5, 5.41) is 23.2. The SMILES string of the molecule is CC(C)(C)c1ccc2c(c1)/C(=C/C1=C(O)C(/C=C3\C=C(c4ccccc4)Oc4ccc(C(C)(C)C)cc43)C1O)C=C(c1ccccc1)O2. The van der Waals surface area contributed by atoms with Crippen molar-refractivity contribution in [1.29, 1.82) is 0 Å². The van der Waals surface area contributed by atoms with Gasteiger partial charge in [-0.2, -0.15) is 0 Å². The monoisotopic (exact) mass is 634 g/mol. The summed E-state index contributed by atoms with van der Waals surface area (Å²) in [5.41, 5.74) is 8.32. The quantitative estimate of drug-likeness (QED) is 0.235. The van der Waals surface area contributed by atoms with Crippen LogP contribution in [0, 0.1) is 5.92 Å². The molecular weight excluding hydrogens is 592 g/mol. The topological polar surface area (TPSA) is 58.9 Å². The van der Waals surface area contributed by atoms with Crippen LogP contribution in [0.15, 0.2) is 133 Å². The number of benzene rings is 4. The molecule has 48 heavy (non-hydrogen) atoms. The Kier molecular flexibility index (Phi) is 7.80. The Bertz CT molecular complexity index is 2040. The van der Waals surface area contributed by atoms with E-state index >= 15 is 0 Å². The lowest BCUT2D eigenvalue weighted by molar-refractivity contribution is 0.113. The molecule has 1 aliphatic carbocycles. The number of aliphatic hydroxyl groups is 2. The lowest BCUT2D eigenvalue weighted by atomic mass is 9.76. The maximum atomic E-state index is 11.6. The summed E-state index contributed by atoms with van der Waals surface area (Å²) in [6, 6.07) is 32.6. The molecule has 2 atom stereocenters. The Labute approximate surface area is 283 Å². The molecule has 2 heterocycles. The first-order chi connectivity index (χ1) is 22.9. The molecule has 4 aromatic carbocycles. The van der Waals surface area contributed by atoms with Crippen molar-refractivity contribution >= 4 is 22.7 Å². The number of allylic oxidation sites excluding steroid dienone is 4. The van der Waals surface area contributed by atoms with Crippen LogP contribution in [0.25, 0.3) is 22.7 Å². The van der Waals surface area contributed by atoms with Crippen LogP contribution in [0.4, 0.5) is 0 Å². The molecule has 0 fully saturated rings.